The molecule has 6 heteroatoms. The molecule has 0 fully saturated rings. The zero-order chi connectivity index (χ0) is 20.4. The number of Topliss-reactive ketones (excluding diaryl/α,β-unsaturated/α-hetero) is 1. The highest BCUT2D eigenvalue weighted by Crippen LogP contribution is 2.43. The smallest absolute Gasteiger partial charge is 0.264 e. The second-order valence-corrected chi connectivity index (χ2v) is 8.29. The lowest BCUT2D eigenvalue weighted by molar-refractivity contribution is -0.135. The monoisotopic (exact) mass is 407 g/mol. The van der Waals surface area contributed by atoms with Crippen molar-refractivity contribution >= 4 is 28.7 Å². The summed E-state index contributed by atoms with van der Waals surface area (Å²) in [6.45, 7) is 2.47. The lowest BCUT2D eigenvalue weighted by Gasteiger charge is -2.22. The van der Waals surface area contributed by atoms with Gasteiger partial charge in [-0.1, -0.05) is 36.4 Å². The normalized spacial score (nSPS) is 18.0. The molecular weight excluding hydrogens is 386 g/mol. The summed E-state index contributed by atoms with van der Waals surface area (Å²) in [6.07, 6.45) is -0.279. The van der Waals surface area contributed by atoms with Crippen LogP contribution in [0.4, 0.5) is 5.69 Å². The first-order chi connectivity index (χ1) is 14.0. The predicted molar refractivity (Wildman–Crippen MR) is 113 cm³/mol. The van der Waals surface area contributed by atoms with Crippen molar-refractivity contribution in [1.82, 2.24) is 0 Å². The number of anilines is 1. The lowest BCUT2D eigenvalue weighted by Crippen LogP contribution is -2.43. The number of hydrogen-bond donors (Lipinski definition) is 1. The highest BCUT2D eigenvalue weighted by Gasteiger charge is 2.50. The number of aryl methyl sites for hydroxylation is 1. The summed E-state index contributed by atoms with van der Waals surface area (Å²) in [5, 5.41) is 11.3. The molecule has 0 saturated heterocycles. The van der Waals surface area contributed by atoms with Crippen molar-refractivity contribution in [1.29, 1.82) is 0 Å². The minimum Gasteiger partial charge on any atom is -0.492 e. The average Bonchev–Trinajstić information content (AvgIpc) is 3.25. The Kier molecular flexibility index (Phi) is 5.22. The first-order valence-electron chi connectivity index (χ1n) is 9.40. The van der Waals surface area contributed by atoms with Gasteiger partial charge in [0.2, 0.25) is 0 Å². The number of nitrogens with zero attached hydrogens (tertiary/aromatic N) is 1. The van der Waals surface area contributed by atoms with Gasteiger partial charge in [0, 0.05) is 10.4 Å². The van der Waals surface area contributed by atoms with Crippen molar-refractivity contribution < 1.29 is 19.4 Å². The maximum absolute atomic E-state index is 13.2. The first-order valence-corrected chi connectivity index (χ1v) is 10.2. The van der Waals surface area contributed by atoms with Gasteiger partial charge in [0.05, 0.1) is 23.5 Å². The third kappa shape index (κ3) is 3.69. The topological polar surface area (TPSA) is 66.8 Å². The number of thiophene rings is 1. The van der Waals surface area contributed by atoms with Gasteiger partial charge in [0.15, 0.2) is 11.4 Å². The molecule has 0 bridgehead atoms. The molecule has 3 aromatic rings. The molecule has 4 rings (SSSR count). The van der Waals surface area contributed by atoms with Crippen LogP contribution in [0.25, 0.3) is 0 Å². The van der Waals surface area contributed by atoms with Crippen LogP contribution in [0.2, 0.25) is 0 Å². The standard InChI is InChI=1S/C23H21NO4S/c1-16-11-12-21(29-16)20(25)15-23(27)18-9-5-6-10-19(18)24(22(23)26)13-14-28-17-7-3-2-4-8-17/h2-12,27H,13-15H2,1H3/t23-/m1/s1. The molecule has 0 saturated carbocycles. The second kappa shape index (κ2) is 7.81. The number of amides is 1. The Morgan fingerprint density at radius 2 is 1.79 bits per heavy atom. The van der Waals surface area contributed by atoms with Crippen LogP contribution in [-0.2, 0) is 10.4 Å². The molecule has 0 aliphatic carbocycles. The van der Waals surface area contributed by atoms with E-state index in [1.165, 1.54) is 16.2 Å². The van der Waals surface area contributed by atoms with Crippen molar-refractivity contribution in [3.8, 4) is 5.75 Å². The molecule has 0 unspecified atom stereocenters. The van der Waals surface area contributed by atoms with Crippen molar-refractivity contribution in [3.05, 3.63) is 82.0 Å². The van der Waals surface area contributed by atoms with E-state index in [9.17, 15) is 14.7 Å². The second-order valence-electron chi connectivity index (χ2n) is 7.01. The number of fused-ring (bicyclic) bond motifs is 1. The van der Waals surface area contributed by atoms with Crippen LogP contribution in [0.1, 0.15) is 26.5 Å². The van der Waals surface area contributed by atoms with E-state index in [1.54, 1.807) is 24.3 Å². The molecule has 1 N–H and O–H groups in total. The maximum atomic E-state index is 13.2. The number of hydrogen-bond acceptors (Lipinski definition) is 5. The molecule has 1 atom stereocenters. The first kappa shape index (κ1) is 19.4. The number of ether oxygens (including phenoxy) is 1. The van der Waals surface area contributed by atoms with E-state index in [1.807, 2.05) is 49.4 Å². The number of carbonyl (C=O) groups excluding carboxylic acids is 2. The van der Waals surface area contributed by atoms with Crippen LogP contribution >= 0.6 is 11.3 Å². The summed E-state index contributed by atoms with van der Waals surface area (Å²) in [6, 6.07) is 20.0. The third-order valence-corrected chi connectivity index (χ3v) is 6.04. The number of ketones is 1. The van der Waals surface area contributed by atoms with Crippen LogP contribution in [0.5, 0.6) is 5.75 Å². The number of rotatable bonds is 7. The summed E-state index contributed by atoms with van der Waals surface area (Å²) < 4.78 is 5.71. The number of benzene rings is 2. The van der Waals surface area contributed by atoms with Gasteiger partial charge in [0.25, 0.3) is 5.91 Å². The van der Waals surface area contributed by atoms with Crippen LogP contribution < -0.4 is 9.64 Å². The zero-order valence-corrected chi connectivity index (χ0v) is 16.8. The van der Waals surface area contributed by atoms with Gasteiger partial charge in [0.1, 0.15) is 12.4 Å². The van der Waals surface area contributed by atoms with Gasteiger partial charge in [-0.15, -0.1) is 11.3 Å². The third-order valence-electron chi connectivity index (χ3n) is 5.00. The average molecular weight is 407 g/mol. The van der Waals surface area contributed by atoms with Crippen molar-refractivity contribution in [2.75, 3.05) is 18.1 Å². The summed E-state index contributed by atoms with van der Waals surface area (Å²) in [7, 11) is 0. The van der Waals surface area contributed by atoms with Gasteiger partial charge < -0.3 is 14.7 Å². The fraction of sp³-hybridized carbons (Fsp3) is 0.217. The van der Waals surface area contributed by atoms with Gasteiger partial charge in [-0.2, -0.15) is 0 Å². The van der Waals surface area contributed by atoms with Crippen LogP contribution in [-0.4, -0.2) is 29.9 Å². The summed E-state index contributed by atoms with van der Waals surface area (Å²) >= 11 is 1.37. The number of carbonyl (C=O) groups is 2. The molecule has 1 aliphatic rings. The highest BCUT2D eigenvalue weighted by molar-refractivity contribution is 7.14. The van der Waals surface area contributed by atoms with E-state index >= 15 is 0 Å². The van der Waals surface area contributed by atoms with Gasteiger partial charge in [-0.25, -0.2) is 0 Å². The predicted octanol–water partition coefficient (Wildman–Crippen LogP) is 3.94. The van der Waals surface area contributed by atoms with Gasteiger partial charge in [-0.05, 0) is 37.3 Å². The van der Waals surface area contributed by atoms with E-state index in [2.05, 4.69) is 0 Å². The Bertz CT molecular complexity index is 1050. The van der Waals surface area contributed by atoms with E-state index in [-0.39, 0.29) is 25.4 Å². The molecule has 0 spiro atoms. The summed E-state index contributed by atoms with van der Waals surface area (Å²) in [5.41, 5.74) is -0.781. The van der Waals surface area contributed by atoms with Crippen molar-refractivity contribution in [3.63, 3.8) is 0 Å². The maximum Gasteiger partial charge on any atom is 0.264 e. The van der Waals surface area contributed by atoms with Crippen LogP contribution in [0.3, 0.4) is 0 Å². The van der Waals surface area contributed by atoms with E-state index < -0.39 is 11.5 Å². The van der Waals surface area contributed by atoms with Crippen LogP contribution in [0.15, 0.2) is 66.7 Å². The molecule has 29 heavy (non-hydrogen) atoms. The quantitative estimate of drug-likeness (QED) is 0.603. The lowest BCUT2D eigenvalue weighted by atomic mass is 9.89. The molecule has 1 amide bonds. The minimum atomic E-state index is -1.86. The largest absolute Gasteiger partial charge is 0.492 e. The Labute approximate surface area is 173 Å². The number of para-hydroxylation sites is 2. The molecular formula is C23H21NO4S. The molecule has 5 nitrogen and oxygen atoms in total. The Morgan fingerprint density at radius 3 is 2.52 bits per heavy atom. The van der Waals surface area contributed by atoms with Crippen LogP contribution in [0, 0.1) is 6.92 Å². The Hall–Kier alpha value is -2.96. The molecule has 2 heterocycles. The minimum absolute atomic E-state index is 0.240. The summed E-state index contributed by atoms with van der Waals surface area (Å²) in [4.78, 5) is 29.0. The fourth-order valence-electron chi connectivity index (χ4n) is 3.57. The highest BCUT2D eigenvalue weighted by atomic mass is 32.1. The van der Waals surface area contributed by atoms with E-state index in [0.717, 1.165) is 4.88 Å². The Morgan fingerprint density at radius 1 is 1.07 bits per heavy atom. The Balaban J connectivity index is 1.54. The molecule has 148 valence electrons. The molecule has 1 aliphatic heterocycles. The van der Waals surface area contributed by atoms with E-state index in [4.69, 9.17) is 4.74 Å². The molecule has 1 aromatic heterocycles. The zero-order valence-electron chi connectivity index (χ0n) is 16.0. The van der Waals surface area contributed by atoms with E-state index in [0.29, 0.717) is 21.9 Å². The molecule has 2 aromatic carbocycles. The SMILES string of the molecule is Cc1ccc(C(=O)C[C@]2(O)C(=O)N(CCOc3ccccc3)c3ccccc32)s1. The fourth-order valence-corrected chi connectivity index (χ4v) is 4.38. The van der Waals surface area contributed by atoms with Gasteiger partial charge in [-0.3, -0.25) is 9.59 Å². The molecule has 0 radical (unpaired) electrons. The van der Waals surface area contributed by atoms with Crippen molar-refractivity contribution in [2.45, 2.75) is 18.9 Å². The van der Waals surface area contributed by atoms with Gasteiger partial charge >= 0.3 is 0 Å². The number of aliphatic hydroxyl groups is 1. The van der Waals surface area contributed by atoms with Crippen molar-refractivity contribution in [2.24, 2.45) is 0 Å². The summed E-state index contributed by atoms with van der Waals surface area (Å²) in [5.74, 6) is -0.0148.